The Morgan fingerprint density at radius 1 is 1.38 bits per heavy atom. The standard InChI is InChI=1S/C16H28N4O4/c1-10(2)19(3)11-4-5-14(13(8-11)17-9-21)20-7-6-12(15(20)22)18-16(23)24/h9-14,18H,4-8H2,1-3H3,(H,17,21)(H,23,24)/t11-,12+,13-,14+/m1/s1. The highest BCUT2D eigenvalue weighted by molar-refractivity contribution is 5.87. The second-order valence-corrected chi connectivity index (χ2v) is 7.01. The van der Waals surface area contributed by atoms with Gasteiger partial charge in [-0.1, -0.05) is 0 Å². The largest absolute Gasteiger partial charge is 0.465 e. The number of nitrogens with zero attached hydrogens (tertiary/aromatic N) is 2. The SMILES string of the molecule is CC(C)N(C)[C@@H]1CC[C@H](N2CC[C@H](NC(=O)O)C2=O)[C@H](NC=O)C1. The maximum Gasteiger partial charge on any atom is 0.405 e. The van der Waals surface area contributed by atoms with E-state index in [9.17, 15) is 14.4 Å². The van der Waals surface area contributed by atoms with Crippen LogP contribution < -0.4 is 10.6 Å². The van der Waals surface area contributed by atoms with Crippen LogP contribution in [0.25, 0.3) is 0 Å². The minimum atomic E-state index is -1.18. The highest BCUT2D eigenvalue weighted by Crippen LogP contribution is 2.30. The van der Waals surface area contributed by atoms with Gasteiger partial charge in [0.2, 0.25) is 12.3 Å². The predicted octanol–water partition coefficient (Wildman–Crippen LogP) is 0.231. The van der Waals surface area contributed by atoms with Crippen LogP contribution in [0.3, 0.4) is 0 Å². The molecule has 0 radical (unpaired) electrons. The van der Waals surface area contributed by atoms with E-state index in [1.54, 1.807) is 4.90 Å². The first-order valence-electron chi connectivity index (χ1n) is 8.56. The molecule has 2 aliphatic rings. The fourth-order valence-electron chi connectivity index (χ4n) is 3.88. The van der Waals surface area contributed by atoms with Crippen LogP contribution in [-0.4, -0.2) is 77.1 Å². The fourth-order valence-corrected chi connectivity index (χ4v) is 3.88. The van der Waals surface area contributed by atoms with Gasteiger partial charge < -0.3 is 25.5 Å². The Labute approximate surface area is 142 Å². The third-order valence-electron chi connectivity index (χ3n) is 5.40. The maximum absolute atomic E-state index is 12.5. The Balaban J connectivity index is 2.05. The lowest BCUT2D eigenvalue weighted by atomic mass is 9.84. The van der Waals surface area contributed by atoms with Crippen LogP contribution in [0.15, 0.2) is 0 Å². The Bertz CT molecular complexity index is 485. The highest BCUT2D eigenvalue weighted by Gasteiger charge is 2.42. The Hall–Kier alpha value is -1.83. The topological polar surface area (TPSA) is 102 Å². The van der Waals surface area contributed by atoms with E-state index < -0.39 is 12.1 Å². The summed E-state index contributed by atoms with van der Waals surface area (Å²) in [6.45, 7) is 4.80. The van der Waals surface area contributed by atoms with Gasteiger partial charge in [-0.3, -0.25) is 9.59 Å². The molecule has 0 aromatic carbocycles. The molecule has 0 aromatic heterocycles. The molecule has 2 fully saturated rings. The molecule has 0 spiro atoms. The molecule has 136 valence electrons. The lowest BCUT2D eigenvalue weighted by Crippen LogP contribution is -2.57. The first-order chi connectivity index (χ1) is 11.3. The van der Waals surface area contributed by atoms with Gasteiger partial charge in [0.15, 0.2) is 0 Å². The van der Waals surface area contributed by atoms with E-state index in [1.807, 2.05) is 0 Å². The van der Waals surface area contributed by atoms with Crippen molar-refractivity contribution in [2.75, 3.05) is 13.6 Å². The molecule has 8 heteroatoms. The van der Waals surface area contributed by atoms with E-state index in [1.165, 1.54) is 0 Å². The average molecular weight is 340 g/mol. The molecule has 1 saturated carbocycles. The molecule has 24 heavy (non-hydrogen) atoms. The number of carbonyl (C=O) groups excluding carboxylic acids is 2. The molecule has 3 N–H and O–H groups in total. The predicted molar refractivity (Wildman–Crippen MR) is 88.6 cm³/mol. The van der Waals surface area contributed by atoms with Crippen molar-refractivity contribution < 1.29 is 19.5 Å². The summed E-state index contributed by atoms with van der Waals surface area (Å²) in [6, 6.07) is -0.0594. The summed E-state index contributed by atoms with van der Waals surface area (Å²) < 4.78 is 0. The zero-order valence-corrected chi connectivity index (χ0v) is 14.6. The second kappa shape index (κ2) is 7.83. The van der Waals surface area contributed by atoms with Crippen LogP contribution in [0.4, 0.5) is 4.79 Å². The van der Waals surface area contributed by atoms with E-state index in [2.05, 4.69) is 36.4 Å². The molecule has 2 rings (SSSR count). The fraction of sp³-hybridized carbons (Fsp3) is 0.812. The van der Waals surface area contributed by atoms with Gasteiger partial charge in [0.25, 0.3) is 0 Å². The van der Waals surface area contributed by atoms with E-state index in [0.29, 0.717) is 31.5 Å². The smallest absolute Gasteiger partial charge is 0.405 e. The summed E-state index contributed by atoms with van der Waals surface area (Å²) in [7, 11) is 2.08. The van der Waals surface area contributed by atoms with Crippen LogP contribution >= 0.6 is 0 Å². The molecule has 0 unspecified atom stereocenters. The lowest BCUT2D eigenvalue weighted by molar-refractivity contribution is -0.133. The van der Waals surface area contributed by atoms with E-state index in [4.69, 9.17) is 5.11 Å². The highest BCUT2D eigenvalue weighted by atomic mass is 16.4. The van der Waals surface area contributed by atoms with Crippen molar-refractivity contribution >= 4 is 18.4 Å². The van der Waals surface area contributed by atoms with Crippen molar-refractivity contribution in [3.05, 3.63) is 0 Å². The molecule has 0 bridgehead atoms. The molecule has 0 aromatic rings. The third-order valence-corrected chi connectivity index (χ3v) is 5.40. The lowest BCUT2D eigenvalue weighted by Gasteiger charge is -2.44. The Kier molecular flexibility index (Phi) is 6.04. The van der Waals surface area contributed by atoms with Gasteiger partial charge in [0.1, 0.15) is 6.04 Å². The van der Waals surface area contributed by atoms with Crippen molar-refractivity contribution in [3.8, 4) is 0 Å². The number of carbonyl (C=O) groups is 3. The number of nitrogens with one attached hydrogen (secondary N) is 2. The molecule has 1 aliphatic carbocycles. The monoisotopic (exact) mass is 340 g/mol. The van der Waals surface area contributed by atoms with Gasteiger partial charge in [0, 0.05) is 18.6 Å². The number of rotatable bonds is 6. The van der Waals surface area contributed by atoms with Gasteiger partial charge in [0.05, 0.1) is 12.1 Å². The van der Waals surface area contributed by atoms with E-state index >= 15 is 0 Å². The number of carboxylic acid groups (broad SMARTS) is 1. The number of hydrogen-bond acceptors (Lipinski definition) is 4. The summed E-state index contributed by atoms with van der Waals surface area (Å²) >= 11 is 0. The van der Waals surface area contributed by atoms with Crippen LogP contribution in [-0.2, 0) is 9.59 Å². The van der Waals surface area contributed by atoms with Crippen molar-refractivity contribution in [1.82, 2.24) is 20.4 Å². The zero-order valence-electron chi connectivity index (χ0n) is 14.6. The summed E-state index contributed by atoms with van der Waals surface area (Å²) in [5, 5.41) is 14.0. The summed E-state index contributed by atoms with van der Waals surface area (Å²) in [4.78, 5) is 38.3. The minimum Gasteiger partial charge on any atom is -0.465 e. The number of hydrogen-bond donors (Lipinski definition) is 3. The normalized spacial score (nSPS) is 30.7. The molecule has 1 saturated heterocycles. The number of amides is 3. The average Bonchev–Trinajstić information content (AvgIpc) is 2.87. The van der Waals surface area contributed by atoms with Gasteiger partial charge in [-0.2, -0.15) is 0 Å². The van der Waals surface area contributed by atoms with Crippen LogP contribution in [0, 0.1) is 0 Å². The first-order valence-corrected chi connectivity index (χ1v) is 8.56. The minimum absolute atomic E-state index is 0.0693. The molecule has 8 nitrogen and oxygen atoms in total. The summed E-state index contributed by atoms with van der Waals surface area (Å²) in [6.07, 6.45) is 2.54. The van der Waals surface area contributed by atoms with Gasteiger partial charge in [-0.25, -0.2) is 4.79 Å². The molecule has 4 atom stereocenters. The van der Waals surface area contributed by atoms with E-state index in [-0.39, 0.29) is 18.0 Å². The van der Waals surface area contributed by atoms with E-state index in [0.717, 1.165) is 19.3 Å². The van der Waals surface area contributed by atoms with Gasteiger partial charge in [-0.15, -0.1) is 0 Å². The zero-order chi connectivity index (χ0) is 17.9. The van der Waals surface area contributed by atoms with Crippen molar-refractivity contribution in [2.24, 2.45) is 0 Å². The molecule has 1 heterocycles. The first kappa shape index (κ1) is 18.5. The molecular weight excluding hydrogens is 312 g/mol. The summed E-state index contributed by atoms with van der Waals surface area (Å²) in [5.74, 6) is -0.184. The Morgan fingerprint density at radius 2 is 2.08 bits per heavy atom. The molecular formula is C16H28N4O4. The molecule has 3 amide bonds. The Morgan fingerprint density at radius 3 is 2.67 bits per heavy atom. The quantitative estimate of drug-likeness (QED) is 0.601. The van der Waals surface area contributed by atoms with Crippen molar-refractivity contribution in [1.29, 1.82) is 0 Å². The van der Waals surface area contributed by atoms with Gasteiger partial charge >= 0.3 is 6.09 Å². The van der Waals surface area contributed by atoms with Crippen molar-refractivity contribution in [2.45, 2.75) is 69.7 Å². The summed E-state index contributed by atoms with van der Waals surface area (Å²) in [5.41, 5.74) is 0. The van der Waals surface area contributed by atoms with Crippen molar-refractivity contribution in [3.63, 3.8) is 0 Å². The third kappa shape index (κ3) is 3.98. The van der Waals surface area contributed by atoms with Crippen LogP contribution in [0.1, 0.15) is 39.5 Å². The van der Waals surface area contributed by atoms with Gasteiger partial charge in [-0.05, 0) is 46.6 Å². The maximum atomic E-state index is 12.5. The number of likely N-dealkylation sites (tertiary alicyclic amines) is 1. The van der Waals surface area contributed by atoms with Crippen LogP contribution in [0.5, 0.6) is 0 Å². The molecule has 1 aliphatic heterocycles. The van der Waals surface area contributed by atoms with Crippen LogP contribution in [0.2, 0.25) is 0 Å². The second-order valence-electron chi connectivity index (χ2n) is 7.01.